The first kappa shape index (κ1) is 39.2. The fourth-order valence-corrected chi connectivity index (χ4v) is 7.51. The Hall–Kier alpha value is -5.00. The van der Waals surface area contributed by atoms with Crippen molar-refractivity contribution < 1.29 is 46.3 Å². The summed E-state index contributed by atoms with van der Waals surface area (Å²) in [5.41, 5.74) is -3.07. The van der Waals surface area contributed by atoms with Gasteiger partial charge in [0.05, 0.1) is 23.2 Å². The summed E-state index contributed by atoms with van der Waals surface area (Å²) in [7, 11) is -3.96. The molecule has 5 atom stereocenters. The van der Waals surface area contributed by atoms with Crippen LogP contribution >= 0.6 is 0 Å². The number of aromatic nitrogens is 2. The minimum absolute atomic E-state index is 0.0339. The van der Waals surface area contributed by atoms with Crippen molar-refractivity contribution in [2.24, 2.45) is 11.3 Å². The minimum Gasteiger partial charge on any atom is -0.444 e. The second-order valence-corrected chi connectivity index (χ2v) is 17.6. The highest BCUT2D eigenvalue weighted by Gasteiger charge is 2.62. The molecule has 5 rings (SSSR count). The maximum absolute atomic E-state index is 14.3. The third-order valence-corrected chi connectivity index (χ3v) is 10.9. The van der Waals surface area contributed by atoms with Gasteiger partial charge in [0, 0.05) is 24.7 Å². The molecule has 1 saturated heterocycles. The number of ether oxygens (including phenoxy) is 2. The van der Waals surface area contributed by atoms with Gasteiger partial charge in [-0.2, -0.15) is 5.10 Å². The normalized spacial score (nSPS) is 23.3. The Kier molecular flexibility index (Phi) is 10.7. The lowest BCUT2D eigenvalue weighted by Gasteiger charge is -2.36. The van der Waals surface area contributed by atoms with E-state index in [1.807, 2.05) is 0 Å². The number of nitrogens with one attached hydrogen (secondary N) is 4. The molecule has 1 aliphatic heterocycles. The standard InChI is InChI=1S/C35H46FN7O9S/c1-8-20-18-35(20,30(46)41-53(49,50)23-11-12-23)40-28(44)26-17-22(19-42(26)29(45)27(33(2,3)4)39-32(48)52-34(5,6)7)51-31(47)38-24-16-21(36)10-13-25(24)43-15-9-14-37-43/h8-10,13-16,20,22-23,26-27H,1,11-12,17-19H2,2-7H3,(H,38,47)(H,39,48)(H,40,44)(H,41,46). The molecule has 1 aromatic carbocycles. The topological polar surface area (TPSA) is 207 Å². The molecule has 5 unspecified atom stereocenters. The zero-order valence-corrected chi connectivity index (χ0v) is 31.3. The molecule has 18 heteroatoms. The van der Waals surface area contributed by atoms with E-state index >= 15 is 0 Å². The van der Waals surface area contributed by atoms with Crippen LogP contribution in [0.5, 0.6) is 0 Å². The smallest absolute Gasteiger partial charge is 0.412 e. The second-order valence-electron chi connectivity index (χ2n) is 15.6. The Labute approximate surface area is 307 Å². The number of alkyl carbamates (subject to hydrolysis) is 1. The lowest BCUT2D eigenvalue weighted by molar-refractivity contribution is -0.143. The fraction of sp³-hybridized carbons (Fsp3) is 0.543. The van der Waals surface area contributed by atoms with E-state index in [1.165, 1.54) is 29.1 Å². The molecule has 2 aromatic rings. The molecule has 0 spiro atoms. The molecular formula is C35H46FN7O9S. The molecule has 16 nitrogen and oxygen atoms in total. The Bertz CT molecular complexity index is 1890. The average molecular weight is 760 g/mol. The number of halogens is 1. The van der Waals surface area contributed by atoms with Crippen molar-refractivity contribution in [3.05, 3.63) is 55.1 Å². The summed E-state index contributed by atoms with van der Waals surface area (Å²) < 4.78 is 54.1. The quantitative estimate of drug-likeness (QED) is 0.246. The molecule has 1 aromatic heterocycles. The van der Waals surface area contributed by atoms with Crippen molar-refractivity contribution in [3.63, 3.8) is 0 Å². The molecule has 288 valence electrons. The highest BCUT2D eigenvalue weighted by atomic mass is 32.2. The van der Waals surface area contributed by atoms with Gasteiger partial charge in [0.2, 0.25) is 21.8 Å². The molecule has 3 fully saturated rings. The lowest BCUT2D eigenvalue weighted by Crippen LogP contribution is -2.60. The number of carbonyl (C=O) groups excluding carboxylic acids is 5. The first-order chi connectivity index (χ1) is 24.6. The zero-order valence-electron chi connectivity index (χ0n) is 30.5. The number of benzene rings is 1. The maximum atomic E-state index is 14.3. The van der Waals surface area contributed by atoms with E-state index in [0.717, 1.165) is 11.0 Å². The molecule has 2 saturated carbocycles. The van der Waals surface area contributed by atoms with Crippen LogP contribution in [-0.4, -0.2) is 94.1 Å². The zero-order chi connectivity index (χ0) is 39.1. The van der Waals surface area contributed by atoms with Crippen molar-refractivity contribution >= 4 is 45.6 Å². The first-order valence-electron chi connectivity index (χ1n) is 17.2. The van der Waals surface area contributed by atoms with Crippen LogP contribution in [-0.2, 0) is 33.9 Å². The van der Waals surface area contributed by atoms with Gasteiger partial charge in [-0.3, -0.25) is 24.4 Å². The van der Waals surface area contributed by atoms with Crippen LogP contribution < -0.4 is 20.7 Å². The fourth-order valence-electron chi connectivity index (χ4n) is 6.14. The van der Waals surface area contributed by atoms with Crippen molar-refractivity contribution in [2.75, 3.05) is 11.9 Å². The minimum atomic E-state index is -3.96. The van der Waals surface area contributed by atoms with Gasteiger partial charge in [0.15, 0.2) is 0 Å². The van der Waals surface area contributed by atoms with Crippen LogP contribution in [0, 0.1) is 17.2 Å². The van der Waals surface area contributed by atoms with Crippen molar-refractivity contribution in [1.82, 2.24) is 30.0 Å². The van der Waals surface area contributed by atoms with E-state index in [1.54, 1.807) is 53.8 Å². The van der Waals surface area contributed by atoms with Gasteiger partial charge in [0.25, 0.3) is 5.91 Å². The SMILES string of the molecule is C=CC1CC1(NC(=O)C1CC(OC(=O)Nc2cc(F)ccc2-n2cccn2)CN1C(=O)C(NC(=O)OC(C)(C)C)C(C)(C)C)C(=O)NS(=O)(=O)C1CC1. The van der Waals surface area contributed by atoms with Crippen molar-refractivity contribution in [2.45, 2.75) is 102 Å². The lowest BCUT2D eigenvalue weighted by atomic mass is 9.85. The monoisotopic (exact) mass is 759 g/mol. The van der Waals surface area contributed by atoms with E-state index in [-0.39, 0.29) is 25.1 Å². The summed E-state index contributed by atoms with van der Waals surface area (Å²) in [6, 6.07) is 2.76. The average Bonchev–Trinajstić information content (AvgIpc) is 3.91. The van der Waals surface area contributed by atoms with Crippen LogP contribution in [0.4, 0.5) is 19.7 Å². The molecule has 0 radical (unpaired) electrons. The Morgan fingerprint density at radius 2 is 1.79 bits per heavy atom. The molecule has 5 amide bonds. The predicted octanol–water partition coefficient (Wildman–Crippen LogP) is 3.14. The van der Waals surface area contributed by atoms with E-state index in [4.69, 9.17) is 9.47 Å². The number of rotatable bonds is 11. The summed E-state index contributed by atoms with van der Waals surface area (Å²) in [6.07, 6.45) is 2.20. The van der Waals surface area contributed by atoms with Gasteiger partial charge in [0.1, 0.15) is 35.1 Å². The third kappa shape index (κ3) is 9.15. The number of likely N-dealkylation sites (tertiary alicyclic amines) is 1. The number of anilines is 1. The first-order valence-corrected chi connectivity index (χ1v) is 18.8. The van der Waals surface area contributed by atoms with Gasteiger partial charge in [-0.15, -0.1) is 6.58 Å². The van der Waals surface area contributed by atoms with Crippen LogP contribution in [0.1, 0.15) is 67.2 Å². The Morgan fingerprint density at radius 1 is 1.09 bits per heavy atom. The summed E-state index contributed by atoms with van der Waals surface area (Å²) in [5.74, 6) is -3.68. The molecule has 2 aliphatic carbocycles. The highest BCUT2D eigenvalue weighted by molar-refractivity contribution is 7.91. The summed E-state index contributed by atoms with van der Waals surface area (Å²) in [6.45, 7) is 13.5. The number of hydrogen-bond acceptors (Lipinski definition) is 10. The van der Waals surface area contributed by atoms with Crippen LogP contribution in [0.15, 0.2) is 49.3 Å². The number of hydrogen-bond donors (Lipinski definition) is 4. The Morgan fingerprint density at radius 3 is 2.36 bits per heavy atom. The molecule has 4 N–H and O–H groups in total. The largest absolute Gasteiger partial charge is 0.444 e. The summed E-state index contributed by atoms with van der Waals surface area (Å²) in [5, 5.41) is 11.2. The van der Waals surface area contributed by atoms with Crippen molar-refractivity contribution in [1.29, 1.82) is 0 Å². The Balaban J connectivity index is 1.40. The third-order valence-electron chi connectivity index (χ3n) is 9.09. The number of sulfonamides is 1. The van der Waals surface area contributed by atoms with Crippen LogP contribution in [0.3, 0.4) is 0 Å². The van der Waals surface area contributed by atoms with E-state index in [9.17, 15) is 36.8 Å². The number of carbonyl (C=O) groups is 5. The van der Waals surface area contributed by atoms with E-state index in [2.05, 4.69) is 32.4 Å². The highest BCUT2D eigenvalue weighted by Crippen LogP contribution is 2.45. The van der Waals surface area contributed by atoms with Gasteiger partial charge >= 0.3 is 12.2 Å². The van der Waals surface area contributed by atoms with Crippen LogP contribution in [0.2, 0.25) is 0 Å². The van der Waals surface area contributed by atoms with Gasteiger partial charge < -0.3 is 25.0 Å². The molecule has 53 heavy (non-hydrogen) atoms. The van der Waals surface area contributed by atoms with E-state index < -0.39 is 91.7 Å². The van der Waals surface area contributed by atoms with Crippen molar-refractivity contribution in [3.8, 4) is 5.69 Å². The number of amides is 5. The molecule has 3 aliphatic rings. The predicted molar refractivity (Wildman–Crippen MR) is 189 cm³/mol. The molecule has 0 bridgehead atoms. The maximum Gasteiger partial charge on any atom is 0.412 e. The number of nitrogens with zero attached hydrogens (tertiary/aromatic N) is 3. The van der Waals surface area contributed by atoms with Gasteiger partial charge in [-0.1, -0.05) is 26.8 Å². The molecule has 2 heterocycles. The molecular weight excluding hydrogens is 713 g/mol. The van der Waals surface area contributed by atoms with Gasteiger partial charge in [-0.05, 0) is 69.7 Å². The van der Waals surface area contributed by atoms with E-state index in [0.29, 0.717) is 18.5 Å². The summed E-state index contributed by atoms with van der Waals surface area (Å²) in [4.78, 5) is 69.1. The second kappa shape index (κ2) is 14.4. The van der Waals surface area contributed by atoms with Crippen LogP contribution in [0.25, 0.3) is 5.69 Å². The summed E-state index contributed by atoms with van der Waals surface area (Å²) >= 11 is 0. The van der Waals surface area contributed by atoms with Gasteiger partial charge in [-0.25, -0.2) is 27.1 Å².